The van der Waals surface area contributed by atoms with Gasteiger partial charge in [-0.25, -0.2) is 4.79 Å². The number of rotatable bonds is 2. The summed E-state index contributed by atoms with van der Waals surface area (Å²) in [4.78, 5) is 23.8. The summed E-state index contributed by atoms with van der Waals surface area (Å²) in [5, 5.41) is 9.20. The molecule has 14 heavy (non-hydrogen) atoms. The van der Waals surface area contributed by atoms with E-state index in [0.29, 0.717) is 12.2 Å². The zero-order chi connectivity index (χ0) is 10.8. The maximum atomic E-state index is 11.2. The predicted octanol–water partition coefficient (Wildman–Crippen LogP) is 0.815. The number of thioether (sulfide) groups is 1. The van der Waals surface area contributed by atoms with Crippen molar-refractivity contribution in [2.45, 2.75) is 25.3 Å². The molecule has 0 aromatic carbocycles. The van der Waals surface area contributed by atoms with Gasteiger partial charge in [-0.15, -0.1) is 0 Å². The smallest absolute Gasteiger partial charge is 0.330 e. The largest absolute Gasteiger partial charge is 0.479 e. The summed E-state index contributed by atoms with van der Waals surface area (Å²) in [7, 11) is 1.57. The van der Waals surface area contributed by atoms with Gasteiger partial charge in [-0.2, -0.15) is 11.8 Å². The number of carboxylic acid groups (broad SMARTS) is 1. The van der Waals surface area contributed by atoms with Crippen molar-refractivity contribution in [3.63, 3.8) is 0 Å². The average molecular weight is 217 g/mol. The highest BCUT2D eigenvalue weighted by molar-refractivity contribution is 7.99. The normalized spacial score (nSPS) is 27.0. The van der Waals surface area contributed by atoms with Crippen LogP contribution in [0.25, 0.3) is 0 Å². The summed E-state index contributed by atoms with van der Waals surface area (Å²) < 4.78 is 0. The number of carboxylic acids is 1. The lowest BCUT2D eigenvalue weighted by molar-refractivity contribution is -0.156. The number of carbonyl (C=O) groups is 2. The molecule has 4 nitrogen and oxygen atoms in total. The van der Waals surface area contributed by atoms with Gasteiger partial charge in [0.15, 0.2) is 0 Å². The number of aliphatic carboxylic acids is 1. The van der Waals surface area contributed by atoms with E-state index in [4.69, 9.17) is 0 Å². The van der Waals surface area contributed by atoms with Crippen molar-refractivity contribution >= 4 is 23.6 Å². The van der Waals surface area contributed by atoms with Crippen LogP contribution in [0.3, 0.4) is 0 Å². The number of carbonyl (C=O) groups excluding carboxylic acids is 1. The molecule has 1 rings (SSSR count). The van der Waals surface area contributed by atoms with Crippen molar-refractivity contribution in [3.8, 4) is 0 Å². The standard InChI is InChI=1S/C9H15NO3S/c1-7(11)10(2)9(8(12)13)4-3-5-14-6-9/h3-6H2,1-2H3,(H,12,13). The predicted molar refractivity (Wildman–Crippen MR) is 55.4 cm³/mol. The van der Waals surface area contributed by atoms with E-state index in [1.54, 1.807) is 18.8 Å². The molecule has 0 bridgehead atoms. The maximum absolute atomic E-state index is 11.2. The van der Waals surface area contributed by atoms with E-state index < -0.39 is 11.5 Å². The molecule has 1 unspecified atom stereocenters. The fraction of sp³-hybridized carbons (Fsp3) is 0.778. The summed E-state index contributed by atoms with van der Waals surface area (Å²) in [5.41, 5.74) is -0.977. The first-order valence-corrected chi connectivity index (χ1v) is 5.72. The molecule has 1 atom stereocenters. The molecule has 1 amide bonds. The van der Waals surface area contributed by atoms with E-state index in [1.165, 1.54) is 11.8 Å². The minimum atomic E-state index is -0.977. The molecule has 80 valence electrons. The molecule has 1 N–H and O–H groups in total. The van der Waals surface area contributed by atoms with Gasteiger partial charge in [0.2, 0.25) is 5.91 Å². The lowest BCUT2D eigenvalue weighted by Gasteiger charge is -2.40. The highest BCUT2D eigenvalue weighted by Gasteiger charge is 2.44. The van der Waals surface area contributed by atoms with Crippen LogP contribution in [0.2, 0.25) is 0 Å². The number of nitrogens with zero attached hydrogens (tertiary/aromatic N) is 1. The van der Waals surface area contributed by atoms with Crippen molar-refractivity contribution in [2.24, 2.45) is 0 Å². The molecule has 0 aliphatic carbocycles. The number of hydrogen-bond acceptors (Lipinski definition) is 3. The second kappa shape index (κ2) is 4.21. The summed E-state index contributed by atoms with van der Waals surface area (Å²) in [6, 6.07) is 0. The molecule has 1 aliphatic rings. The van der Waals surface area contributed by atoms with Crippen LogP contribution in [0.5, 0.6) is 0 Å². The van der Waals surface area contributed by atoms with Gasteiger partial charge in [0.1, 0.15) is 5.54 Å². The van der Waals surface area contributed by atoms with Gasteiger partial charge in [0.25, 0.3) is 0 Å². The molecule has 1 heterocycles. The molecule has 1 fully saturated rings. The fourth-order valence-corrected chi connectivity index (χ4v) is 2.95. The molecule has 0 radical (unpaired) electrons. The van der Waals surface area contributed by atoms with Crippen LogP contribution in [-0.4, -0.2) is 46.0 Å². The third-order valence-corrected chi connectivity index (χ3v) is 3.99. The van der Waals surface area contributed by atoms with Crippen molar-refractivity contribution in [3.05, 3.63) is 0 Å². The van der Waals surface area contributed by atoms with Crippen molar-refractivity contribution in [1.29, 1.82) is 0 Å². The summed E-state index contributed by atoms with van der Waals surface area (Å²) in [6.07, 6.45) is 1.42. The third kappa shape index (κ3) is 1.87. The SMILES string of the molecule is CC(=O)N(C)C1(C(=O)O)CCCSC1. The maximum Gasteiger partial charge on any atom is 0.330 e. The van der Waals surface area contributed by atoms with Crippen LogP contribution in [0.4, 0.5) is 0 Å². The average Bonchev–Trinajstić information content (AvgIpc) is 2.17. The van der Waals surface area contributed by atoms with Crippen LogP contribution in [0.1, 0.15) is 19.8 Å². The lowest BCUT2D eigenvalue weighted by atomic mass is 9.93. The number of likely N-dealkylation sites (N-methyl/N-ethyl adjacent to an activating group) is 1. The van der Waals surface area contributed by atoms with Gasteiger partial charge >= 0.3 is 5.97 Å². The molecule has 0 saturated carbocycles. The Kier molecular flexibility index (Phi) is 3.42. The van der Waals surface area contributed by atoms with Crippen molar-refractivity contribution < 1.29 is 14.7 Å². The molecule has 0 aromatic rings. The van der Waals surface area contributed by atoms with Crippen LogP contribution in [0.15, 0.2) is 0 Å². The Morgan fingerprint density at radius 2 is 2.14 bits per heavy atom. The first-order chi connectivity index (χ1) is 6.50. The van der Waals surface area contributed by atoms with Gasteiger partial charge in [-0.3, -0.25) is 4.79 Å². The zero-order valence-corrected chi connectivity index (χ0v) is 9.26. The molecule has 1 saturated heterocycles. The Hall–Kier alpha value is -0.710. The van der Waals surface area contributed by atoms with Crippen LogP contribution < -0.4 is 0 Å². The van der Waals surface area contributed by atoms with Crippen molar-refractivity contribution in [1.82, 2.24) is 4.90 Å². The van der Waals surface area contributed by atoms with Gasteiger partial charge < -0.3 is 10.0 Å². The second-order valence-electron chi connectivity index (χ2n) is 3.57. The lowest BCUT2D eigenvalue weighted by Crippen LogP contribution is -2.57. The monoisotopic (exact) mass is 217 g/mol. The van der Waals surface area contributed by atoms with E-state index in [1.807, 2.05) is 0 Å². The van der Waals surface area contributed by atoms with Crippen molar-refractivity contribution in [2.75, 3.05) is 18.6 Å². The number of hydrogen-bond donors (Lipinski definition) is 1. The quantitative estimate of drug-likeness (QED) is 0.744. The van der Waals surface area contributed by atoms with Gasteiger partial charge in [-0.1, -0.05) is 0 Å². The minimum absolute atomic E-state index is 0.185. The summed E-state index contributed by atoms with van der Waals surface area (Å²) >= 11 is 1.60. The zero-order valence-electron chi connectivity index (χ0n) is 8.45. The van der Waals surface area contributed by atoms with Gasteiger partial charge in [0, 0.05) is 19.7 Å². The molecular formula is C9H15NO3S. The van der Waals surface area contributed by atoms with E-state index in [9.17, 15) is 14.7 Å². The molecule has 0 aromatic heterocycles. The van der Waals surface area contributed by atoms with E-state index >= 15 is 0 Å². The summed E-state index contributed by atoms with van der Waals surface area (Å²) in [6.45, 7) is 1.41. The van der Waals surface area contributed by atoms with Crippen LogP contribution in [-0.2, 0) is 9.59 Å². The Morgan fingerprint density at radius 3 is 2.50 bits per heavy atom. The first-order valence-electron chi connectivity index (χ1n) is 4.56. The molecule has 0 spiro atoms. The highest BCUT2D eigenvalue weighted by Crippen LogP contribution is 2.31. The van der Waals surface area contributed by atoms with E-state index in [2.05, 4.69) is 0 Å². The molecular weight excluding hydrogens is 202 g/mol. The Labute approximate surface area is 87.7 Å². The van der Waals surface area contributed by atoms with E-state index in [-0.39, 0.29) is 5.91 Å². The molecule has 5 heteroatoms. The Morgan fingerprint density at radius 1 is 1.50 bits per heavy atom. The molecule has 1 aliphatic heterocycles. The van der Waals surface area contributed by atoms with E-state index in [0.717, 1.165) is 12.2 Å². The van der Waals surface area contributed by atoms with Gasteiger partial charge in [0.05, 0.1) is 0 Å². The minimum Gasteiger partial charge on any atom is -0.479 e. The van der Waals surface area contributed by atoms with Gasteiger partial charge in [-0.05, 0) is 18.6 Å². The number of amides is 1. The highest BCUT2D eigenvalue weighted by atomic mass is 32.2. The third-order valence-electron chi connectivity index (χ3n) is 2.73. The van der Waals surface area contributed by atoms with Crippen LogP contribution >= 0.6 is 11.8 Å². The Balaban J connectivity index is 2.90. The van der Waals surface area contributed by atoms with Crippen LogP contribution in [0, 0.1) is 0 Å². The summed E-state index contributed by atoms with van der Waals surface area (Å²) in [5.74, 6) is 0.413. The fourth-order valence-electron chi connectivity index (χ4n) is 1.66. The first kappa shape index (κ1) is 11.4. The Bertz CT molecular complexity index is 248. The topological polar surface area (TPSA) is 57.6 Å². The second-order valence-corrected chi connectivity index (χ2v) is 4.68.